The monoisotopic (exact) mass is 400 g/mol. The van der Waals surface area contributed by atoms with Gasteiger partial charge in [-0.3, -0.25) is 9.69 Å². The van der Waals surface area contributed by atoms with Crippen LogP contribution in [0.1, 0.15) is 19.4 Å². The molecule has 2 aromatic rings. The molecule has 2 aromatic carbocycles. The van der Waals surface area contributed by atoms with Crippen molar-refractivity contribution in [1.82, 2.24) is 4.90 Å². The van der Waals surface area contributed by atoms with E-state index in [0.717, 1.165) is 5.56 Å². The minimum Gasteiger partial charge on any atom is -0.493 e. The van der Waals surface area contributed by atoms with Gasteiger partial charge in [-0.05, 0) is 62.0 Å². The number of amidine groups is 1. The van der Waals surface area contributed by atoms with Crippen LogP contribution in [0, 0.1) is 5.82 Å². The highest BCUT2D eigenvalue weighted by Crippen LogP contribution is 2.38. The zero-order valence-electron chi connectivity index (χ0n) is 16.1. The van der Waals surface area contributed by atoms with Crippen molar-refractivity contribution in [3.8, 4) is 11.5 Å². The largest absolute Gasteiger partial charge is 0.493 e. The number of rotatable bonds is 5. The van der Waals surface area contributed by atoms with Gasteiger partial charge >= 0.3 is 0 Å². The summed E-state index contributed by atoms with van der Waals surface area (Å²) in [6.45, 7) is 3.86. The van der Waals surface area contributed by atoms with Gasteiger partial charge in [0.25, 0.3) is 5.91 Å². The van der Waals surface area contributed by atoms with Crippen molar-refractivity contribution in [3.05, 3.63) is 58.8 Å². The first kappa shape index (κ1) is 19.9. The van der Waals surface area contributed by atoms with E-state index in [2.05, 4.69) is 4.99 Å². The molecule has 0 spiro atoms. The molecule has 7 heteroatoms. The number of likely N-dealkylation sites (N-methyl/N-ethyl adjacent to an activating group) is 1. The van der Waals surface area contributed by atoms with Crippen LogP contribution in [0.25, 0.3) is 6.08 Å². The summed E-state index contributed by atoms with van der Waals surface area (Å²) >= 11 is 1.26. The van der Waals surface area contributed by atoms with E-state index in [1.54, 1.807) is 32.4 Å². The van der Waals surface area contributed by atoms with Gasteiger partial charge in [-0.2, -0.15) is 0 Å². The van der Waals surface area contributed by atoms with Gasteiger partial charge in [0.05, 0.1) is 23.8 Å². The Labute approximate surface area is 167 Å². The smallest absolute Gasteiger partial charge is 0.266 e. The first-order valence-electron chi connectivity index (χ1n) is 8.74. The van der Waals surface area contributed by atoms with Crippen molar-refractivity contribution >= 4 is 34.6 Å². The average molecular weight is 400 g/mol. The summed E-state index contributed by atoms with van der Waals surface area (Å²) in [5.74, 6) is 0.701. The zero-order valence-corrected chi connectivity index (χ0v) is 16.9. The Morgan fingerprint density at radius 1 is 1.18 bits per heavy atom. The second-order valence-electron chi connectivity index (χ2n) is 6.39. The first-order chi connectivity index (χ1) is 13.4. The molecule has 146 valence electrons. The van der Waals surface area contributed by atoms with E-state index in [1.165, 1.54) is 28.8 Å². The maximum Gasteiger partial charge on any atom is 0.266 e. The van der Waals surface area contributed by atoms with Crippen LogP contribution in [0.4, 0.5) is 10.1 Å². The Morgan fingerprint density at radius 3 is 2.54 bits per heavy atom. The van der Waals surface area contributed by atoms with Gasteiger partial charge in [0.15, 0.2) is 16.7 Å². The highest BCUT2D eigenvalue weighted by atomic mass is 32.2. The van der Waals surface area contributed by atoms with E-state index in [0.29, 0.717) is 27.3 Å². The van der Waals surface area contributed by atoms with Gasteiger partial charge in [-0.25, -0.2) is 9.38 Å². The highest BCUT2D eigenvalue weighted by Gasteiger charge is 2.30. The number of carbonyl (C=O) groups excluding carboxylic acids is 1. The molecule has 1 heterocycles. The summed E-state index contributed by atoms with van der Waals surface area (Å²) < 4.78 is 24.4. The molecule has 0 N–H and O–H groups in total. The van der Waals surface area contributed by atoms with Crippen molar-refractivity contribution < 1.29 is 18.7 Å². The van der Waals surface area contributed by atoms with Gasteiger partial charge in [0, 0.05) is 12.6 Å². The highest BCUT2D eigenvalue weighted by molar-refractivity contribution is 8.18. The van der Waals surface area contributed by atoms with E-state index in [4.69, 9.17) is 9.47 Å². The maximum absolute atomic E-state index is 13.1. The number of para-hydroxylation sites is 1. The van der Waals surface area contributed by atoms with Gasteiger partial charge in [-0.1, -0.05) is 12.1 Å². The number of benzene rings is 2. The van der Waals surface area contributed by atoms with Crippen LogP contribution >= 0.6 is 11.8 Å². The Bertz CT molecular complexity index is 939. The molecule has 0 aliphatic carbocycles. The summed E-state index contributed by atoms with van der Waals surface area (Å²) in [6.07, 6.45) is 1.73. The van der Waals surface area contributed by atoms with Crippen LogP contribution in [-0.2, 0) is 4.79 Å². The Balaban J connectivity index is 1.95. The number of methoxy groups -OCH3 is 1. The molecule has 1 aliphatic rings. The van der Waals surface area contributed by atoms with E-state index in [-0.39, 0.29) is 17.8 Å². The fraction of sp³-hybridized carbons (Fsp3) is 0.238. The maximum atomic E-state index is 13.1. The Hall–Kier alpha value is -2.80. The van der Waals surface area contributed by atoms with E-state index >= 15 is 0 Å². The minimum absolute atomic E-state index is 0.0429. The standard InChI is InChI=1S/C21H21FN2O3S/c1-13(2)27-19-14(6-5-7-17(19)26-4)12-18-20(25)24(3)21(28-18)23-16-10-8-15(22)9-11-16/h5-13H,1-4H3. The van der Waals surface area contributed by atoms with Crippen molar-refractivity contribution in [1.29, 1.82) is 0 Å². The number of amides is 1. The molecule has 0 saturated carbocycles. The molecule has 0 atom stereocenters. The molecule has 28 heavy (non-hydrogen) atoms. The first-order valence-corrected chi connectivity index (χ1v) is 9.56. The van der Waals surface area contributed by atoms with E-state index in [9.17, 15) is 9.18 Å². The third kappa shape index (κ3) is 4.36. The van der Waals surface area contributed by atoms with E-state index in [1.807, 2.05) is 32.0 Å². The van der Waals surface area contributed by atoms with Gasteiger partial charge in [0.1, 0.15) is 5.82 Å². The lowest BCUT2D eigenvalue weighted by atomic mass is 10.1. The van der Waals surface area contributed by atoms with Crippen molar-refractivity contribution in [2.24, 2.45) is 4.99 Å². The quantitative estimate of drug-likeness (QED) is 0.673. The number of aliphatic imine (C=N–C) groups is 1. The van der Waals surface area contributed by atoms with Gasteiger partial charge in [-0.15, -0.1) is 0 Å². The lowest BCUT2D eigenvalue weighted by molar-refractivity contribution is -0.121. The van der Waals surface area contributed by atoms with Crippen molar-refractivity contribution in [2.45, 2.75) is 20.0 Å². The molecule has 0 unspecified atom stereocenters. The number of ether oxygens (including phenoxy) is 2. The lowest BCUT2D eigenvalue weighted by Crippen LogP contribution is -2.23. The minimum atomic E-state index is -0.330. The number of carbonyl (C=O) groups is 1. The molecule has 0 radical (unpaired) electrons. The molecule has 3 rings (SSSR count). The van der Waals surface area contributed by atoms with Crippen molar-refractivity contribution in [2.75, 3.05) is 14.2 Å². The third-order valence-electron chi connectivity index (χ3n) is 3.92. The van der Waals surface area contributed by atoms with Crippen LogP contribution in [-0.4, -0.2) is 36.2 Å². The topological polar surface area (TPSA) is 51.1 Å². The second kappa shape index (κ2) is 8.48. The number of nitrogens with zero attached hydrogens (tertiary/aromatic N) is 2. The SMILES string of the molecule is COc1cccc(C=C2SC(=Nc3ccc(F)cc3)N(C)C2=O)c1OC(C)C. The Kier molecular flexibility index (Phi) is 6.04. The number of halogens is 1. The summed E-state index contributed by atoms with van der Waals surface area (Å²) in [4.78, 5) is 19.1. The molecular weight excluding hydrogens is 379 g/mol. The van der Waals surface area contributed by atoms with E-state index < -0.39 is 0 Å². The normalized spacial score (nSPS) is 17.1. The molecule has 1 aliphatic heterocycles. The molecule has 1 saturated heterocycles. The Morgan fingerprint density at radius 2 is 1.89 bits per heavy atom. The van der Waals surface area contributed by atoms with Crippen LogP contribution < -0.4 is 9.47 Å². The molecule has 5 nitrogen and oxygen atoms in total. The molecule has 0 aromatic heterocycles. The second-order valence-corrected chi connectivity index (χ2v) is 7.40. The molecule has 1 fully saturated rings. The molecule has 1 amide bonds. The van der Waals surface area contributed by atoms with Gasteiger partial charge < -0.3 is 9.47 Å². The van der Waals surface area contributed by atoms with Crippen LogP contribution in [0.2, 0.25) is 0 Å². The fourth-order valence-corrected chi connectivity index (χ4v) is 3.57. The molecular formula is C21H21FN2O3S. The number of hydrogen-bond acceptors (Lipinski definition) is 5. The summed E-state index contributed by atoms with van der Waals surface area (Å²) in [6, 6.07) is 11.3. The van der Waals surface area contributed by atoms with Crippen LogP contribution in [0.15, 0.2) is 52.4 Å². The summed E-state index contributed by atoms with van der Waals surface area (Å²) in [5.41, 5.74) is 1.33. The van der Waals surface area contributed by atoms with Crippen LogP contribution in [0.3, 0.4) is 0 Å². The zero-order chi connectivity index (χ0) is 20.3. The predicted molar refractivity (Wildman–Crippen MR) is 111 cm³/mol. The fourth-order valence-electron chi connectivity index (χ4n) is 2.59. The lowest BCUT2D eigenvalue weighted by Gasteiger charge is -2.16. The number of thioether (sulfide) groups is 1. The van der Waals surface area contributed by atoms with Crippen LogP contribution in [0.5, 0.6) is 11.5 Å². The summed E-state index contributed by atoms with van der Waals surface area (Å²) in [5, 5.41) is 0.525. The van der Waals surface area contributed by atoms with Gasteiger partial charge in [0.2, 0.25) is 0 Å². The summed E-state index contributed by atoms with van der Waals surface area (Å²) in [7, 11) is 3.24. The van der Waals surface area contributed by atoms with Crippen molar-refractivity contribution in [3.63, 3.8) is 0 Å². The molecule has 0 bridgehead atoms. The average Bonchev–Trinajstić information content (AvgIpc) is 2.92. The predicted octanol–water partition coefficient (Wildman–Crippen LogP) is 4.86. The number of hydrogen-bond donors (Lipinski definition) is 0. The third-order valence-corrected chi connectivity index (χ3v) is 4.98.